The monoisotopic (exact) mass is 251 g/mol. The number of alkyl halides is 3. The third kappa shape index (κ3) is 2.04. The summed E-state index contributed by atoms with van der Waals surface area (Å²) in [6.45, 7) is 0. The average Bonchev–Trinajstić information content (AvgIpc) is 2.11. The minimum absolute atomic E-state index is 0.0602. The van der Waals surface area contributed by atoms with Crippen LogP contribution in [0.4, 0.5) is 0 Å². The number of aromatic amines is 1. The topological polar surface area (TPSA) is 32.9 Å². The molecule has 62 valence electrons. The van der Waals surface area contributed by atoms with Gasteiger partial charge in [0.15, 0.2) is 0 Å². The van der Waals surface area contributed by atoms with E-state index in [9.17, 15) is 4.79 Å². The van der Waals surface area contributed by atoms with Crippen LogP contribution in [0.25, 0.3) is 0 Å². The van der Waals surface area contributed by atoms with Gasteiger partial charge in [-0.1, -0.05) is 46.4 Å². The Morgan fingerprint density at radius 3 is 2.09 bits per heavy atom. The van der Waals surface area contributed by atoms with Crippen molar-refractivity contribution < 1.29 is 0 Å². The van der Waals surface area contributed by atoms with Crippen molar-refractivity contribution in [1.29, 1.82) is 0 Å². The minimum atomic E-state index is -1.66. The van der Waals surface area contributed by atoms with E-state index in [1.165, 1.54) is 0 Å². The van der Waals surface area contributed by atoms with Crippen LogP contribution in [-0.4, -0.2) is 4.37 Å². The van der Waals surface area contributed by atoms with Crippen LogP contribution in [0.5, 0.6) is 0 Å². The van der Waals surface area contributed by atoms with Gasteiger partial charge in [0.2, 0.25) is 3.79 Å². The van der Waals surface area contributed by atoms with Gasteiger partial charge in [0.1, 0.15) is 10.7 Å². The van der Waals surface area contributed by atoms with Gasteiger partial charge in [-0.15, -0.1) is 0 Å². The molecule has 1 aromatic rings. The molecule has 1 aromatic heterocycles. The molecule has 0 fully saturated rings. The van der Waals surface area contributed by atoms with Gasteiger partial charge in [0, 0.05) is 0 Å². The molecule has 0 spiro atoms. The molecular formula is C4HCl4NOS. The summed E-state index contributed by atoms with van der Waals surface area (Å²) in [4.78, 5) is 10.8. The van der Waals surface area contributed by atoms with Crippen molar-refractivity contribution in [3.05, 3.63) is 20.3 Å². The second kappa shape index (κ2) is 3.15. The van der Waals surface area contributed by atoms with Crippen molar-refractivity contribution in [2.75, 3.05) is 0 Å². The highest BCUT2D eigenvalue weighted by Gasteiger charge is 2.29. The molecule has 11 heavy (non-hydrogen) atoms. The van der Waals surface area contributed by atoms with Gasteiger partial charge in [-0.2, -0.15) is 0 Å². The predicted molar refractivity (Wildman–Crippen MR) is 49.2 cm³/mol. The van der Waals surface area contributed by atoms with Gasteiger partial charge in [-0.25, -0.2) is 0 Å². The normalized spacial score (nSPS) is 12.0. The molecular weight excluding hydrogens is 252 g/mol. The standard InChI is InChI=1S/C4HCl4NOS/c5-1-2(4(6,7)8)9-11-3(1)10/h9H. The lowest BCUT2D eigenvalue weighted by atomic mass is 10.5. The molecule has 0 amide bonds. The van der Waals surface area contributed by atoms with Crippen molar-refractivity contribution in [3.8, 4) is 0 Å². The number of nitrogens with one attached hydrogen (secondary N) is 1. The van der Waals surface area contributed by atoms with Crippen LogP contribution in [0.15, 0.2) is 4.79 Å². The number of halogens is 4. The summed E-state index contributed by atoms with van der Waals surface area (Å²) in [5, 5.41) is -0.0602. The molecule has 0 aliphatic heterocycles. The number of hydrogen-bond donors (Lipinski definition) is 1. The largest absolute Gasteiger partial charge is 0.306 e. The van der Waals surface area contributed by atoms with E-state index in [0.29, 0.717) is 0 Å². The van der Waals surface area contributed by atoms with Gasteiger partial charge in [-0.05, 0) is 11.5 Å². The van der Waals surface area contributed by atoms with E-state index in [4.69, 9.17) is 46.4 Å². The summed E-state index contributed by atoms with van der Waals surface area (Å²) in [5.41, 5.74) is 0.124. The summed E-state index contributed by atoms with van der Waals surface area (Å²) in [6, 6.07) is 0. The highest BCUT2D eigenvalue weighted by atomic mass is 35.6. The van der Waals surface area contributed by atoms with Crippen LogP contribution in [0.2, 0.25) is 5.02 Å². The Kier molecular flexibility index (Phi) is 2.77. The van der Waals surface area contributed by atoms with Crippen LogP contribution in [0.1, 0.15) is 5.69 Å². The summed E-state index contributed by atoms with van der Waals surface area (Å²) in [5.74, 6) is 0. The van der Waals surface area contributed by atoms with Crippen molar-refractivity contribution in [2.45, 2.75) is 3.79 Å². The molecule has 0 saturated carbocycles. The first kappa shape index (κ1) is 9.68. The Hall–Kier alpha value is 0.590. The molecule has 0 saturated heterocycles. The van der Waals surface area contributed by atoms with Crippen molar-refractivity contribution in [3.63, 3.8) is 0 Å². The van der Waals surface area contributed by atoms with Gasteiger partial charge in [-0.3, -0.25) is 4.79 Å². The molecule has 7 heteroatoms. The van der Waals surface area contributed by atoms with Crippen LogP contribution in [-0.2, 0) is 3.79 Å². The van der Waals surface area contributed by atoms with Crippen molar-refractivity contribution >= 4 is 57.9 Å². The molecule has 0 atom stereocenters. The lowest BCUT2D eigenvalue weighted by Crippen LogP contribution is -2.02. The number of rotatable bonds is 0. The summed E-state index contributed by atoms with van der Waals surface area (Å²) >= 11 is 22.7. The number of hydrogen-bond acceptors (Lipinski definition) is 2. The quantitative estimate of drug-likeness (QED) is 0.708. The van der Waals surface area contributed by atoms with Gasteiger partial charge < -0.3 is 4.37 Å². The Labute approximate surface area is 86.2 Å². The first-order chi connectivity index (χ1) is 4.93. The van der Waals surface area contributed by atoms with Gasteiger partial charge in [0.25, 0.3) is 4.74 Å². The lowest BCUT2D eigenvalue weighted by Gasteiger charge is -2.06. The maximum atomic E-state index is 10.8. The summed E-state index contributed by atoms with van der Waals surface area (Å²) in [7, 11) is 0. The van der Waals surface area contributed by atoms with Crippen LogP contribution >= 0.6 is 57.9 Å². The highest BCUT2D eigenvalue weighted by Crippen LogP contribution is 2.39. The van der Waals surface area contributed by atoms with E-state index in [-0.39, 0.29) is 15.5 Å². The second-order valence-corrected chi connectivity index (χ2v) is 5.12. The highest BCUT2D eigenvalue weighted by molar-refractivity contribution is 7.03. The van der Waals surface area contributed by atoms with Crippen LogP contribution in [0.3, 0.4) is 0 Å². The molecule has 1 heterocycles. The molecule has 0 radical (unpaired) electrons. The van der Waals surface area contributed by atoms with E-state index in [0.717, 1.165) is 11.5 Å². The lowest BCUT2D eigenvalue weighted by molar-refractivity contribution is 1.16. The van der Waals surface area contributed by atoms with Crippen LogP contribution < -0.4 is 4.74 Å². The maximum Gasteiger partial charge on any atom is 0.268 e. The molecule has 0 unspecified atom stereocenters. The van der Waals surface area contributed by atoms with Crippen LogP contribution in [0, 0.1) is 0 Å². The average molecular weight is 253 g/mol. The summed E-state index contributed by atoms with van der Waals surface area (Å²) < 4.78 is 0.519. The second-order valence-electron chi connectivity index (χ2n) is 1.68. The minimum Gasteiger partial charge on any atom is -0.306 e. The third-order valence-electron chi connectivity index (χ3n) is 0.928. The van der Waals surface area contributed by atoms with E-state index in [2.05, 4.69) is 4.37 Å². The Balaban J connectivity index is 3.26. The zero-order valence-corrected chi connectivity index (χ0v) is 8.67. The summed E-state index contributed by atoms with van der Waals surface area (Å²) in [6.07, 6.45) is 0. The van der Waals surface area contributed by atoms with E-state index in [1.807, 2.05) is 0 Å². The fourth-order valence-corrected chi connectivity index (χ4v) is 2.21. The molecule has 2 nitrogen and oxygen atoms in total. The fourth-order valence-electron chi connectivity index (χ4n) is 0.471. The Morgan fingerprint density at radius 1 is 1.36 bits per heavy atom. The molecule has 0 aromatic carbocycles. The fraction of sp³-hybridized carbons (Fsp3) is 0.250. The first-order valence-corrected chi connectivity index (χ1v) is 4.70. The Bertz CT molecular complexity index is 311. The molecule has 0 bridgehead atoms. The predicted octanol–water partition coefficient (Wildman–Crippen LogP) is 2.92. The first-order valence-electron chi connectivity index (χ1n) is 2.37. The maximum absolute atomic E-state index is 10.8. The number of H-pyrrole nitrogens is 1. The van der Waals surface area contributed by atoms with Gasteiger partial charge >= 0.3 is 0 Å². The Morgan fingerprint density at radius 2 is 1.91 bits per heavy atom. The van der Waals surface area contributed by atoms with Gasteiger partial charge in [0.05, 0.1) is 0 Å². The zero-order chi connectivity index (χ0) is 8.65. The van der Waals surface area contributed by atoms with Crippen molar-refractivity contribution in [2.24, 2.45) is 0 Å². The molecule has 1 rings (SSSR count). The van der Waals surface area contributed by atoms with E-state index < -0.39 is 3.79 Å². The zero-order valence-electron chi connectivity index (χ0n) is 4.83. The third-order valence-corrected chi connectivity index (χ3v) is 2.66. The SMILES string of the molecule is O=c1s[nH]c(C(Cl)(Cl)Cl)c1Cl. The molecule has 0 aliphatic carbocycles. The van der Waals surface area contributed by atoms with Crippen molar-refractivity contribution in [1.82, 2.24) is 4.37 Å². The van der Waals surface area contributed by atoms with E-state index >= 15 is 0 Å². The molecule has 1 N–H and O–H groups in total. The smallest absolute Gasteiger partial charge is 0.268 e. The number of aromatic nitrogens is 1. The van der Waals surface area contributed by atoms with E-state index in [1.54, 1.807) is 0 Å². The molecule has 0 aliphatic rings.